The van der Waals surface area contributed by atoms with Crippen molar-refractivity contribution in [1.29, 1.82) is 0 Å². The lowest BCUT2D eigenvalue weighted by Gasteiger charge is -2.32. The summed E-state index contributed by atoms with van der Waals surface area (Å²) in [6.45, 7) is 2.46. The fraction of sp³-hybridized carbons (Fsp3) is 0.333. The molecule has 3 aromatic rings. The van der Waals surface area contributed by atoms with E-state index in [0.717, 1.165) is 28.1 Å². The highest BCUT2D eigenvalue weighted by molar-refractivity contribution is 7.92. The summed E-state index contributed by atoms with van der Waals surface area (Å²) in [6.07, 6.45) is 2.12. The van der Waals surface area contributed by atoms with Crippen LogP contribution in [0.3, 0.4) is 0 Å². The topological polar surface area (TPSA) is 86.8 Å². The Bertz CT molecular complexity index is 1390. The molecular weight excluding hydrogens is 553 g/mol. The molecule has 2 amide bonds. The number of para-hydroxylation sites is 1. The summed E-state index contributed by atoms with van der Waals surface area (Å²) >= 11 is 6.20. The maximum absolute atomic E-state index is 14.4. The molecule has 0 saturated carbocycles. The Morgan fingerprint density at radius 1 is 0.975 bits per heavy atom. The molecule has 3 aromatic carbocycles. The number of benzene rings is 3. The van der Waals surface area contributed by atoms with Crippen molar-refractivity contribution in [3.8, 4) is 0 Å². The number of anilines is 1. The van der Waals surface area contributed by atoms with E-state index in [2.05, 4.69) is 5.32 Å². The van der Waals surface area contributed by atoms with Gasteiger partial charge in [0.25, 0.3) is 0 Å². The van der Waals surface area contributed by atoms with Crippen molar-refractivity contribution in [1.82, 2.24) is 10.2 Å². The number of rotatable bonds is 14. The zero-order chi connectivity index (χ0) is 29.1. The van der Waals surface area contributed by atoms with Crippen molar-refractivity contribution in [2.75, 3.05) is 23.7 Å². The van der Waals surface area contributed by atoms with Crippen molar-refractivity contribution in [2.45, 2.75) is 45.2 Å². The standard InChI is InChI=1S/C30H35ClFN3O4S/c1-3-18-33-30(37)28(21-23-11-5-4-6-12-23)34(22-24-13-9-14-25(31)20-24)29(36)17-10-19-35(40(2,38)39)27-16-8-7-15-26(27)32/h4-9,11-16,20,28H,3,10,17-19,21-22H2,1-2H3,(H,33,37)/t28-/m1/s1. The first-order valence-electron chi connectivity index (χ1n) is 13.2. The zero-order valence-corrected chi connectivity index (χ0v) is 24.3. The normalized spacial score (nSPS) is 12.0. The monoisotopic (exact) mass is 587 g/mol. The molecule has 0 aromatic heterocycles. The lowest BCUT2D eigenvalue weighted by atomic mass is 10.0. The molecule has 0 heterocycles. The molecule has 0 unspecified atom stereocenters. The maximum Gasteiger partial charge on any atom is 0.243 e. The molecule has 1 atom stereocenters. The average molecular weight is 588 g/mol. The van der Waals surface area contributed by atoms with Crippen molar-refractivity contribution in [2.24, 2.45) is 0 Å². The summed E-state index contributed by atoms with van der Waals surface area (Å²) in [5, 5.41) is 3.43. The third-order valence-corrected chi connectivity index (χ3v) is 7.75. The van der Waals surface area contributed by atoms with Gasteiger partial charge >= 0.3 is 0 Å². The Labute approximate surface area is 241 Å². The van der Waals surface area contributed by atoms with Gasteiger partial charge < -0.3 is 10.2 Å². The number of hydrogen-bond acceptors (Lipinski definition) is 4. The van der Waals surface area contributed by atoms with Gasteiger partial charge in [-0.15, -0.1) is 0 Å². The highest BCUT2D eigenvalue weighted by atomic mass is 35.5. The van der Waals surface area contributed by atoms with E-state index in [-0.39, 0.29) is 43.4 Å². The Morgan fingerprint density at radius 3 is 2.30 bits per heavy atom. The Kier molecular flexibility index (Phi) is 11.5. The molecule has 214 valence electrons. The van der Waals surface area contributed by atoms with Crippen LogP contribution in [0.5, 0.6) is 0 Å². The molecule has 0 saturated heterocycles. The Balaban J connectivity index is 1.88. The van der Waals surface area contributed by atoms with E-state index in [9.17, 15) is 22.4 Å². The van der Waals surface area contributed by atoms with Crippen LogP contribution in [0.4, 0.5) is 10.1 Å². The van der Waals surface area contributed by atoms with E-state index < -0.39 is 21.9 Å². The summed E-state index contributed by atoms with van der Waals surface area (Å²) in [6, 6.07) is 21.3. The Hall–Kier alpha value is -3.43. The summed E-state index contributed by atoms with van der Waals surface area (Å²) in [5.41, 5.74) is 1.58. The highest BCUT2D eigenvalue weighted by Crippen LogP contribution is 2.23. The summed E-state index contributed by atoms with van der Waals surface area (Å²) in [7, 11) is -3.80. The van der Waals surface area contributed by atoms with Crippen molar-refractivity contribution in [3.63, 3.8) is 0 Å². The van der Waals surface area contributed by atoms with Gasteiger partial charge in [0.1, 0.15) is 11.9 Å². The fourth-order valence-electron chi connectivity index (χ4n) is 4.39. The first kappa shape index (κ1) is 31.1. The van der Waals surface area contributed by atoms with Crippen LogP contribution < -0.4 is 9.62 Å². The van der Waals surface area contributed by atoms with Crippen LogP contribution in [0.1, 0.15) is 37.3 Å². The largest absolute Gasteiger partial charge is 0.354 e. The third kappa shape index (κ3) is 9.06. The number of sulfonamides is 1. The van der Waals surface area contributed by atoms with Gasteiger partial charge in [-0.25, -0.2) is 12.8 Å². The van der Waals surface area contributed by atoms with E-state index in [0.29, 0.717) is 18.0 Å². The first-order chi connectivity index (χ1) is 19.1. The molecule has 0 bridgehead atoms. The van der Waals surface area contributed by atoms with E-state index in [1.165, 1.54) is 23.1 Å². The smallest absolute Gasteiger partial charge is 0.243 e. The van der Waals surface area contributed by atoms with E-state index in [1.54, 1.807) is 24.3 Å². The van der Waals surface area contributed by atoms with Crippen LogP contribution in [0.25, 0.3) is 0 Å². The number of halogens is 2. The van der Waals surface area contributed by atoms with Gasteiger partial charge in [0.15, 0.2) is 0 Å². The molecule has 0 aliphatic heterocycles. The van der Waals surface area contributed by atoms with Gasteiger partial charge in [0.2, 0.25) is 21.8 Å². The minimum absolute atomic E-state index is 0.0482. The summed E-state index contributed by atoms with van der Waals surface area (Å²) in [5.74, 6) is -1.27. The van der Waals surface area contributed by atoms with Crippen molar-refractivity contribution >= 4 is 39.1 Å². The quantitative estimate of drug-likeness (QED) is 0.281. The van der Waals surface area contributed by atoms with Gasteiger partial charge in [-0.1, -0.05) is 73.1 Å². The molecule has 1 N–H and O–H groups in total. The van der Waals surface area contributed by atoms with Gasteiger partial charge in [0.05, 0.1) is 11.9 Å². The van der Waals surface area contributed by atoms with Crippen LogP contribution in [0.15, 0.2) is 78.9 Å². The highest BCUT2D eigenvalue weighted by Gasteiger charge is 2.30. The molecule has 3 rings (SSSR count). The second-order valence-electron chi connectivity index (χ2n) is 9.54. The number of carbonyl (C=O) groups is 2. The minimum atomic E-state index is -3.80. The number of nitrogens with zero attached hydrogens (tertiary/aromatic N) is 2. The lowest BCUT2D eigenvalue weighted by molar-refractivity contribution is -0.141. The molecule has 10 heteroatoms. The van der Waals surface area contributed by atoms with Crippen molar-refractivity contribution < 1.29 is 22.4 Å². The molecule has 7 nitrogen and oxygen atoms in total. The lowest BCUT2D eigenvalue weighted by Crippen LogP contribution is -2.50. The number of nitrogens with one attached hydrogen (secondary N) is 1. The fourth-order valence-corrected chi connectivity index (χ4v) is 5.57. The molecule has 0 spiro atoms. The van der Waals surface area contributed by atoms with Gasteiger partial charge in [-0.3, -0.25) is 13.9 Å². The summed E-state index contributed by atoms with van der Waals surface area (Å²) < 4.78 is 40.3. The van der Waals surface area contributed by atoms with Gasteiger partial charge in [-0.2, -0.15) is 0 Å². The molecular formula is C30H35ClFN3O4S. The number of amides is 2. The van der Waals surface area contributed by atoms with E-state index in [1.807, 2.05) is 43.3 Å². The Morgan fingerprint density at radius 2 is 1.65 bits per heavy atom. The molecule has 40 heavy (non-hydrogen) atoms. The van der Waals surface area contributed by atoms with E-state index >= 15 is 0 Å². The molecule has 0 radical (unpaired) electrons. The van der Waals surface area contributed by atoms with E-state index in [4.69, 9.17) is 11.6 Å². The van der Waals surface area contributed by atoms with Gasteiger partial charge in [-0.05, 0) is 48.2 Å². The van der Waals surface area contributed by atoms with Gasteiger partial charge in [0, 0.05) is 37.5 Å². The van der Waals surface area contributed by atoms with Crippen LogP contribution in [-0.2, 0) is 32.6 Å². The molecule has 0 aliphatic rings. The number of hydrogen-bond donors (Lipinski definition) is 1. The maximum atomic E-state index is 14.4. The predicted octanol–water partition coefficient (Wildman–Crippen LogP) is 5.19. The minimum Gasteiger partial charge on any atom is -0.354 e. The van der Waals surface area contributed by atoms with Crippen LogP contribution in [0, 0.1) is 5.82 Å². The van der Waals surface area contributed by atoms with Crippen molar-refractivity contribution in [3.05, 3.63) is 101 Å². The molecule has 0 aliphatic carbocycles. The van der Waals surface area contributed by atoms with Crippen LogP contribution in [-0.4, -0.2) is 50.5 Å². The average Bonchev–Trinajstić information content (AvgIpc) is 2.92. The zero-order valence-electron chi connectivity index (χ0n) is 22.7. The predicted molar refractivity (Wildman–Crippen MR) is 157 cm³/mol. The SMILES string of the molecule is CCCNC(=O)[C@@H](Cc1ccccc1)N(Cc1cccc(Cl)c1)C(=O)CCCN(c1ccccc1F)S(C)(=O)=O. The second-order valence-corrected chi connectivity index (χ2v) is 11.9. The third-order valence-electron chi connectivity index (χ3n) is 6.34. The molecule has 0 fully saturated rings. The summed E-state index contributed by atoms with van der Waals surface area (Å²) in [4.78, 5) is 28.7. The van der Waals surface area contributed by atoms with Crippen LogP contribution in [0.2, 0.25) is 5.02 Å². The van der Waals surface area contributed by atoms with Crippen LogP contribution >= 0.6 is 11.6 Å². The number of carbonyl (C=O) groups excluding carboxylic acids is 2. The first-order valence-corrected chi connectivity index (χ1v) is 15.4. The second kappa shape index (κ2) is 14.8.